The van der Waals surface area contributed by atoms with Gasteiger partial charge in [-0.3, -0.25) is 0 Å². The van der Waals surface area contributed by atoms with Crippen LogP contribution in [0.15, 0.2) is 53.6 Å². The van der Waals surface area contributed by atoms with E-state index in [9.17, 15) is 0 Å². The van der Waals surface area contributed by atoms with Crippen molar-refractivity contribution in [1.82, 2.24) is 14.9 Å². The molecule has 3 aromatic rings. The third-order valence-corrected chi connectivity index (χ3v) is 3.80. The van der Waals surface area contributed by atoms with E-state index < -0.39 is 0 Å². The summed E-state index contributed by atoms with van der Waals surface area (Å²) in [6.07, 6.45) is 1.65. The van der Waals surface area contributed by atoms with Crippen molar-refractivity contribution < 1.29 is 4.74 Å². The lowest BCUT2D eigenvalue weighted by Crippen LogP contribution is -1.95. The quantitative estimate of drug-likeness (QED) is 0.571. The van der Waals surface area contributed by atoms with E-state index in [4.69, 9.17) is 28.6 Å². The predicted molar refractivity (Wildman–Crippen MR) is 93.8 cm³/mol. The van der Waals surface area contributed by atoms with E-state index in [0.717, 1.165) is 16.9 Å². The summed E-state index contributed by atoms with van der Waals surface area (Å²) in [7, 11) is 1.62. The molecule has 1 heterocycles. The lowest BCUT2D eigenvalue weighted by molar-refractivity contribution is 0.415. The zero-order valence-electron chi connectivity index (χ0n) is 12.2. The summed E-state index contributed by atoms with van der Waals surface area (Å²) in [5, 5.41) is 12.0. The number of ether oxygens (including phenoxy) is 1. The maximum absolute atomic E-state index is 6.13. The van der Waals surface area contributed by atoms with Crippen molar-refractivity contribution in [2.24, 2.45) is 5.10 Å². The van der Waals surface area contributed by atoms with E-state index in [2.05, 4.69) is 15.3 Å². The monoisotopic (exact) mass is 344 g/mol. The fourth-order valence-electron chi connectivity index (χ4n) is 2.05. The summed E-state index contributed by atoms with van der Waals surface area (Å²) >= 11 is 11.4. The van der Waals surface area contributed by atoms with Crippen LogP contribution < -0.4 is 4.74 Å². The Balaban J connectivity index is 2.02. The van der Waals surface area contributed by atoms with Crippen molar-refractivity contribution in [3.05, 3.63) is 63.9 Å². The lowest BCUT2D eigenvalue weighted by atomic mass is 10.2. The SMILES string of the molecule is COc1cccc(-c2n[nH]c(=S)n2/N=C/c2ccccc2Cl)c1. The van der Waals surface area contributed by atoms with Gasteiger partial charge in [-0.15, -0.1) is 0 Å². The lowest BCUT2D eigenvalue weighted by Gasteiger charge is -2.04. The number of H-pyrrole nitrogens is 1. The van der Waals surface area contributed by atoms with Crippen LogP contribution in [0.3, 0.4) is 0 Å². The van der Waals surface area contributed by atoms with Gasteiger partial charge in [-0.2, -0.15) is 14.9 Å². The minimum absolute atomic E-state index is 0.395. The van der Waals surface area contributed by atoms with Gasteiger partial charge in [0.15, 0.2) is 5.82 Å². The molecular formula is C16H13ClN4OS. The Morgan fingerprint density at radius 1 is 1.26 bits per heavy atom. The van der Waals surface area contributed by atoms with E-state index in [-0.39, 0.29) is 0 Å². The highest BCUT2D eigenvalue weighted by Crippen LogP contribution is 2.22. The zero-order valence-corrected chi connectivity index (χ0v) is 13.8. The van der Waals surface area contributed by atoms with Crippen LogP contribution >= 0.6 is 23.8 Å². The van der Waals surface area contributed by atoms with Crippen LogP contribution in [0.4, 0.5) is 0 Å². The van der Waals surface area contributed by atoms with Crippen molar-refractivity contribution >= 4 is 30.0 Å². The number of rotatable bonds is 4. The third kappa shape index (κ3) is 3.33. The van der Waals surface area contributed by atoms with Crippen LogP contribution in [-0.4, -0.2) is 28.2 Å². The fraction of sp³-hybridized carbons (Fsp3) is 0.0625. The van der Waals surface area contributed by atoms with Crippen molar-refractivity contribution in [2.45, 2.75) is 0 Å². The predicted octanol–water partition coefficient (Wildman–Crippen LogP) is 4.15. The molecule has 0 unspecified atom stereocenters. The van der Waals surface area contributed by atoms with Crippen molar-refractivity contribution in [1.29, 1.82) is 0 Å². The summed E-state index contributed by atoms with van der Waals surface area (Å²) in [6.45, 7) is 0. The molecule has 0 aliphatic rings. The van der Waals surface area contributed by atoms with Crippen molar-refractivity contribution in [3.63, 3.8) is 0 Å². The first-order chi connectivity index (χ1) is 11.2. The topological polar surface area (TPSA) is 55.2 Å². The van der Waals surface area contributed by atoms with Gasteiger partial charge in [0, 0.05) is 16.1 Å². The van der Waals surface area contributed by atoms with E-state index in [1.54, 1.807) is 24.1 Å². The number of nitrogens with zero attached hydrogens (tertiary/aromatic N) is 3. The summed E-state index contributed by atoms with van der Waals surface area (Å²) in [5.74, 6) is 1.33. The normalized spacial score (nSPS) is 11.0. The first-order valence-corrected chi connectivity index (χ1v) is 7.58. The second-order valence-electron chi connectivity index (χ2n) is 4.66. The maximum Gasteiger partial charge on any atom is 0.216 e. The van der Waals surface area contributed by atoms with Gasteiger partial charge in [0.25, 0.3) is 0 Å². The molecule has 0 aliphatic heterocycles. The molecule has 0 saturated carbocycles. The van der Waals surface area contributed by atoms with E-state index in [1.807, 2.05) is 42.5 Å². The third-order valence-electron chi connectivity index (χ3n) is 3.20. The molecule has 0 radical (unpaired) electrons. The van der Waals surface area contributed by atoms with Gasteiger partial charge in [0.05, 0.1) is 13.3 Å². The summed E-state index contributed by atoms with van der Waals surface area (Å²) < 4.78 is 7.18. The van der Waals surface area contributed by atoms with Crippen LogP contribution in [-0.2, 0) is 0 Å². The smallest absolute Gasteiger partial charge is 0.216 e. The Kier molecular flexibility index (Phi) is 4.55. The molecule has 0 fully saturated rings. The molecule has 0 amide bonds. The first-order valence-electron chi connectivity index (χ1n) is 6.80. The molecule has 0 aliphatic carbocycles. The van der Waals surface area contributed by atoms with E-state index >= 15 is 0 Å². The average molecular weight is 345 g/mol. The van der Waals surface area contributed by atoms with Crippen LogP contribution in [0.5, 0.6) is 5.75 Å². The highest BCUT2D eigenvalue weighted by Gasteiger charge is 2.09. The average Bonchev–Trinajstić information content (AvgIpc) is 2.95. The fourth-order valence-corrected chi connectivity index (χ4v) is 2.41. The van der Waals surface area contributed by atoms with Crippen LogP contribution in [0, 0.1) is 4.77 Å². The number of aromatic amines is 1. The van der Waals surface area contributed by atoms with Gasteiger partial charge in [0.2, 0.25) is 4.77 Å². The number of aromatic nitrogens is 3. The molecule has 23 heavy (non-hydrogen) atoms. The number of hydrogen-bond donors (Lipinski definition) is 1. The van der Waals surface area contributed by atoms with Crippen LogP contribution in [0.25, 0.3) is 11.4 Å². The van der Waals surface area contributed by atoms with Gasteiger partial charge < -0.3 is 4.74 Å². The van der Waals surface area contributed by atoms with E-state index in [0.29, 0.717) is 15.6 Å². The van der Waals surface area contributed by atoms with E-state index in [1.165, 1.54) is 0 Å². The molecule has 1 aromatic heterocycles. The number of hydrogen-bond acceptors (Lipinski definition) is 4. The molecule has 2 aromatic carbocycles. The Morgan fingerprint density at radius 3 is 2.87 bits per heavy atom. The Bertz CT molecular complexity index is 916. The molecular weight excluding hydrogens is 332 g/mol. The largest absolute Gasteiger partial charge is 0.497 e. The second-order valence-corrected chi connectivity index (χ2v) is 5.46. The van der Waals surface area contributed by atoms with Crippen LogP contribution in [0.2, 0.25) is 5.02 Å². The maximum atomic E-state index is 6.13. The van der Waals surface area contributed by atoms with Gasteiger partial charge in [-0.1, -0.05) is 41.9 Å². The molecule has 7 heteroatoms. The number of methoxy groups -OCH3 is 1. The summed E-state index contributed by atoms with van der Waals surface area (Å²) in [6, 6.07) is 15.0. The van der Waals surface area contributed by atoms with Gasteiger partial charge in [-0.05, 0) is 30.4 Å². The molecule has 1 N–H and O–H groups in total. The number of halogens is 1. The van der Waals surface area contributed by atoms with Gasteiger partial charge in [0.1, 0.15) is 5.75 Å². The summed E-state index contributed by atoms with van der Waals surface area (Å²) in [5.41, 5.74) is 1.64. The number of benzene rings is 2. The Hall–Kier alpha value is -2.44. The molecule has 3 rings (SSSR count). The molecule has 0 atom stereocenters. The standard InChI is InChI=1S/C16H13ClN4OS/c1-22-13-7-4-6-11(9-13)15-19-20-16(23)21(15)18-10-12-5-2-3-8-14(12)17/h2-10H,1H3,(H,20,23)/b18-10+. The Morgan fingerprint density at radius 2 is 2.09 bits per heavy atom. The Labute approximate surface area is 143 Å². The molecule has 5 nitrogen and oxygen atoms in total. The second kappa shape index (κ2) is 6.76. The highest BCUT2D eigenvalue weighted by molar-refractivity contribution is 7.71. The van der Waals surface area contributed by atoms with Gasteiger partial charge in [-0.25, -0.2) is 5.10 Å². The van der Waals surface area contributed by atoms with Gasteiger partial charge >= 0.3 is 0 Å². The zero-order chi connectivity index (χ0) is 16.2. The number of nitrogens with one attached hydrogen (secondary N) is 1. The summed E-state index contributed by atoms with van der Waals surface area (Å²) in [4.78, 5) is 0. The molecule has 116 valence electrons. The van der Waals surface area contributed by atoms with Crippen molar-refractivity contribution in [3.8, 4) is 17.1 Å². The van der Waals surface area contributed by atoms with Crippen LogP contribution in [0.1, 0.15) is 5.56 Å². The first kappa shape index (κ1) is 15.5. The molecule has 0 bridgehead atoms. The molecule has 0 saturated heterocycles. The minimum Gasteiger partial charge on any atom is -0.497 e. The molecule has 0 spiro atoms. The minimum atomic E-state index is 0.395. The van der Waals surface area contributed by atoms with Crippen molar-refractivity contribution in [2.75, 3.05) is 7.11 Å². The highest BCUT2D eigenvalue weighted by atomic mass is 35.5.